The minimum atomic E-state index is -0.280. The van der Waals surface area contributed by atoms with Crippen molar-refractivity contribution in [2.45, 2.75) is 38.7 Å². The van der Waals surface area contributed by atoms with Crippen LogP contribution < -0.4 is 0 Å². The third-order valence-corrected chi connectivity index (χ3v) is 3.45. The summed E-state index contributed by atoms with van der Waals surface area (Å²) in [7, 11) is 0. The average molecular weight is 193 g/mol. The molecule has 0 spiro atoms. The zero-order chi connectivity index (χ0) is 9.97. The second-order valence-corrected chi connectivity index (χ2v) is 4.59. The number of H-pyrrole nitrogens is 1. The Morgan fingerprint density at radius 3 is 2.64 bits per heavy atom. The topological polar surface area (TPSA) is 36.0 Å². The molecule has 1 unspecified atom stereocenters. The summed E-state index contributed by atoms with van der Waals surface area (Å²) in [5, 5.41) is 10.1. The normalized spacial score (nSPS) is 30.1. The maximum Gasteiger partial charge on any atom is 0.0965 e. The van der Waals surface area contributed by atoms with E-state index in [0.29, 0.717) is 5.92 Å². The molecule has 2 N–H and O–H groups in total. The number of aliphatic hydroxyl groups is 1. The van der Waals surface area contributed by atoms with Crippen LogP contribution in [-0.4, -0.2) is 10.1 Å². The van der Waals surface area contributed by atoms with Gasteiger partial charge in [-0.15, -0.1) is 0 Å². The summed E-state index contributed by atoms with van der Waals surface area (Å²) < 4.78 is 0. The fourth-order valence-corrected chi connectivity index (χ4v) is 2.38. The Kier molecular flexibility index (Phi) is 2.92. The first-order chi connectivity index (χ1) is 6.77. The van der Waals surface area contributed by atoms with Gasteiger partial charge in [0.25, 0.3) is 0 Å². The van der Waals surface area contributed by atoms with Crippen LogP contribution in [0.3, 0.4) is 0 Å². The smallest absolute Gasteiger partial charge is 0.0965 e. The highest BCUT2D eigenvalue weighted by Gasteiger charge is 2.25. The molecule has 1 fully saturated rings. The van der Waals surface area contributed by atoms with Gasteiger partial charge in [-0.25, -0.2) is 0 Å². The van der Waals surface area contributed by atoms with Gasteiger partial charge in [-0.05, 0) is 36.8 Å². The van der Waals surface area contributed by atoms with Gasteiger partial charge in [-0.3, -0.25) is 0 Å². The molecular weight excluding hydrogens is 174 g/mol. The first-order valence-electron chi connectivity index (χ1n) is 5.58. The van der Waals surface area contributed by atoms with Gasteiger partial charge in [0.1, 0.15) is 0 Å². The van der Waals surface area contributed by atoms with E-state index in [0.717, 1.165) is 11.6 Å². The molecule has 2 heteroatoms. The molecule has 1 atom stereocenters. The summed E-state index contributed by atoms with van der Waals surface area (Å²) >= 11 is 0. The first kappa shape index (κ1) is 9.78. The van der Waals surface area contributed by atoms with Crippen molar-refractivity contribution in [2.75, 3.05) is 0 Å². The van der Waals surface area contributed by atoms with Gasteiger partial charge in [0.05, 0.1) is 6.10 Å². The molecule has 14 heavy (non-hydrogen) atoms. The number of rotatable bonds is 2. The van der Waals surface area contributed by atoms with E-state index in [1.54, 1.807) is 0 Å². The van der Waals surface area contributed by atoms with Crippen molar-refractivity contribution < 1.29 is 5.11 Å². The van der Waals surface area contributed by atoms with Crippen LogP contribution in [0.2, 0.25) is 0 Å². The molecule has 78 valence electrons. The summed E-state index contributed by atoms with van der Waals surface area (Å²) in [6, 6.07) is 3.92. The monoisotopic (exact) mass is 193 g/mol. The third-order valence-electron chi connectivity index (χ3n) is 3.45. The molecule has 2 rings (SSSR count). The van der Waals surface area contributed by atoms with Crippen LogP contribution in [0.1, 0.15) is 44.4 Å². The minimum Gasteiger partial charge on any atom is -0.387 e. The SMILES string of the molecule is CC1CCC(C(O)c2ccc[nH]2)CC1. The van der Waals surface area contributed by atoms with Gasteiger partial charge >= 0.3 is 0 Å². The van der Waals surface area contributed by atoms with Crippen LogP contribution in [0.4, 0.5) is 0 Å². The maximum absolute atomic E-state index is 10.1. The summed E-state index contributed by atoms with van der Waals surface area (Å²) in [5.74, 6) is 1.31. The van der Waals surface area contributed by atoms with Crippen molar-refractivity contribution in [1.82, 2.24) is 4.98 Å². The molecule has 1 aromatic heterocycles. The lowest BCUT2D eigenvalue weighted by Crippen LogP contribution is -2.19. The Bertz CT molecular complexity index is 260. The highest BCUT2D eigenvalue weighted by Crippen LogP contribution is 2.35. The number of aromatic amines is 1. The molecule has 1 aromatic rings. The van der Waals surface area contributed by atoms with E-state index in [9.17, 15) is 5.11 Å². The van der Waals surface area contributed by atoms with E-state index in [1.807, 2.05) is 18.3 Å². The highest BCUT2D eigenvalue weighted by molar-refractivity contribution is 5.08. The van der Waals surface area contributed by atoms with Gasteiger partial charge in [0, 0.05) is 11.9 Å². The fourth-order valence-electron chi connectivity index (χ4n) is 2.38. The Morgan fingerprint density at radius 2 is 2.07 bits per heavy atom. The Hall–Kier alpha value is -0.760. The second-order valence-electron chi connectivity index (χ2n) is 4.59. The summed E-state index contributed by atoms with van der Waals surface area (Å²) in [6.07, 6.45) is 6.47. The first-order valence-corrected chi connectivity index (χ1v) is 5.58. The van der Waals surface area contributed by atoms with Crippen molar-refractivity contribution in [3.05, 3.63) is 24.0 Å². The largest absolute Gasteiger partial charge is 0.387 e. The molecule has 0 amide bonds. The minimum absolute atomic E-state index is 0.280. The van der Waals surface area contributed by atoms with E-state index in [2.05, 4.69) is 11.9 Å². The van der Waals surface area contributed by atoms with Crippen molar-refractivity contribution in [3.8, 4) is 0 Å². The maximum atomic E-state index is 10.1. The molecule has 0 aliphatic heterocycles. The Morgan fingerprint density at radius 1 is 1.36 bits per heavy atom. The zero-order valence-corrected chi connectivity index (χ0v) is 8.74. The van der Waals surface area contributed by atoms with Crippen LogP contribution in [0.15, 0.2) is 18.3 Å². The summed E-state index contributed by atoms with van der Waals surface area (Å²) in [6.45, 7) is 2.30. The van der Waals surface area contributed by atoms with Crippen LogP contribution in [0.25, 0.3) is 0 Å². The summed E-state index contributed by atoms with van der Waals surface area (Å²) in [4.78, 5) is 3.10. The average Bonchev–Trinajstić information content (AvgIpc) is 2.71. The molecular formula is C12H19NO. The number of hydrogen-bond donors (Lipinski definition) is 2. The predicted molar refractivity (Wildman–Crippen MR) is 56.9 cm³/mol. The molecule has 0 radical (unpaired) electrons. The lowest BCUT2D eigenvalue weighted by molar-refractivity contribution is 0.0725. The molecule has 0 saturated heterocycles. The molecule has 1 heterocycles. The molecule has 2 nitrogen and oxygen atoms in total. The van der Waals surface area contributed by atoms with Gasteiger partial charge in [0.15, 0.2) is 0 Å². The highest BCUT2D eigenvalue weighted by atomic mass is 16.3. The van der Waals surface area contributed by atoms with E-state index in [1.165, 1.54) is 25.7 Å². The van der Waals surface area contributed by atoms with E-state index in [4.69, 9.17) is 0 Å². The number of aromatic nitrogens is 1. The quantitative estimate of drug-likeness (QED) is 0.744. The van der Waals surface area contributed by atoms with Gasteiger partial charge < -0.3 is 10.1 Å². The molecule has 0 aromatic carbocycles. The van der Waals surface area contributed by atoms with Crippen LogP contribution in [-0.2, 0) is 0 Å². The Balaban J connectivity index is 1.95. The van der Waals surface area contributed by atoms with Crippen LogP contribution in [0, 0.1) is 11.8 Å². The van der Waals surface area contributed by atoms with Gasteiger partial charge in [0.2, 0.25) is 0 Å². The van der Waals surface area contributed by atoms with Crippen LogP contribution in [0.5, 0.6) is 0 Å². The summed E-state index contributed by atoms with van der Waals surface area (Å²) in [5.41, 5.74) is 0.976. The van der Waals surface area contributed by atoms with Crippen molar-refractivity contribution in [3.63, 3.8) is 0 Å². The van der Waals surface area contributed by atoms with Crippen molar-refractivity contribution >= 4 is 0 Å². The fraction of sp³-hybridized carbons (Fsp3) is 0.667. The number of hydrogen-bond acceptors (Lipinski definition) is 1. The van der Waals surface area contributed by atoms with Crippen molar-refractivity contribution in [1.29, 1.82) is 0 Å². The van der Waals surface area contributed by atoms with E-state index < -0.39 is 0 Å². The van der Waals surface area contributed by atoms with E-state index in [-0.39, 0.29) is 6.10 Å². The standard InChI is InChI=1S/C12H19NO/c1-9-4-6-10(7-5-9)12(14)11-3-2-8-13-11/h2-3,8-10,12-14H,4-7H2,1H3. The number of aliphatic hydroxyl groups excluding tert-OH is 1. The van der Waals surface area contributed by atoms with Gasteiger partial charge in [-0.1, -0.05) is 19.8 Å². The van der Waals surface area contributed by atoms with Crippen LogP contribution >= 0.6 is 0 Å². The lowest BCUT2D eigenvalue weighted by atomic mass is 9.79. The molecule has 0 bridgehead atoms. The lowest BCUT2D eigenvalue weighted by Gasteiger charge is -2.29. The van der Waals surface area contributed by atoms with Gasteiger partial charge in [-0.2, -0.15) is 0 Å². The zero-order valence-electron chi connectivity index (χ0n) is 8.74. The molecule has 1 saturated carbocycles. The van der Waals surface area contributed by atoms with Crippen molar-refractivity contribution in [2.24, 2.45) is 11.8 Å². The third kappa shape index (κ3) is 2.01. The Labute approximate surface area is 85.3 Å². The van der Waals surface area contributed by atoms with E-state index >= 15 is 0 Å². The predicted octanol–water partition coefficient (Wildman–Crippen LogP) is 2.87. The second kappa shape index (κ2) is 4.18. The molecule has 1 aliphatic carbocycles. The molecule has 1 aliphatic rings. The number of nitrogens with one attached hydrogen (secondary N) is 1.